The predicted molar refractivity (Wildman–Crippen MR) is 69.4 cm³/mol. The fourth-order valence-corrected chi connectivity index (χ4v) is 2.60. The number of amides is 1. The van der Waals surface area contributed by atoms with Gasteiger partial charge in [-0.25, -0.2) is 4.39 Å². The van der Waals surface area contributed by atoms with E-state index >= 15 is 0 Å². The zero-order chi connectivity index (χ0) is 14.1. The van der Waals surface area contributed by atoms with Gasteiger partial charge in [-0.2, -0.15) is 0 Å². The van der Waals surface area contributed by atoms with Gasteiger partial charge in [0.15, 0.2) is 11.5 Å². The molecule has 0 aromatic carbocycles. The summed E-state index contributed by atoms with van der Waals surface area (Å²) in [6, 6.07) is 0. The Kier molecular flexibility index (Phi) is 4.16. The largest absolute Gasteiger partial charge is 0.351 e. The number of carbonyl (C=O) groups is 1. The molecule has 2 aliphatic rings. The van der Waals surface area contributed by atoms with E-state index in [9.17, 15) is 9.18 Å². The molecule has 0 unspecified atom stereocenters. The van der Waals surface area contributed by atoms with Gasteiger partial charge in [-0.3, -0.25) is 4.79 Å². The molecule has 0 radical (unpaired) electrons. The summed E-state index contributed by atoms with van der Waals surface area (Å²) in [5.41, 5.74) is -1.85. The molecular weight excluding hydrogens is 249 g/mol. The molecule has 1 heterocycles. The lowest BCUT2D eigenvalue weighted by Gasteiger charge is -2.34. The standard InChI is InChI=1S/C14H24FNO3/c1-10-4-6-14(7-5-10)18-9-11(19-14)8-16-12(17)13(2,3)15/h10-11H,4-9H2,1-3H3,(H,16,17)/t10?,11-,14?/m0/s1. The Morgan fingerprint density at radius 2 is 2.05 bits per heavy atom. The van der Waals surface area contributed by atoms with Gasteiger partial charge in [-0.1, -0.05) is 6.92 Å². The summed E-state index contributed by atoms with van der Waals surface area (Å²) in [6.45, 7) is 5.52. The van der Waals surface area contributed by atoms with E-state index < -0.39 is 17.4 Å². The second kappa shape index (κ2) is 5.37. The van der Waals surface area contributed by atoms with Crippen molar-refractivity contribution in [3.05, 3.63) is 0 Å². The number of rotatable bonds is 3. The molecule has 19 heavy (non-hydrogen) atoms. The van der Waals surface area contributed by atoms with Crippen LogP contribution in [0.5, 0.6) is 0 Å². The van der Waals surface area contributed by atoms with Crippen molar-refractivity contribution in [1.82, 2.24) is 5.32 Å². The molecule has 4 nitrogen and oxygen atoms in total. The van der Waals surface area contributed by atoms with E-state index in [1.807, 2.05) is 0 Å². The van der Waals surface area contributed by atoms with Gasteiger partial charge in [0.05, 0.1) is 6.61 Å². The van der Waals surface area contributed by atoms with Crippen LogP contribution in [0.4, 0.5) is 4.39 Å². The van der Waals surface area contributed by atoms with Crippen LogP contribution in [0.25, 0.3) is 0 Å². The zero-order valence-corrected chi connectivity index (χ0v) is 12.0. The van der Waals surface area contributed by atoms with Crippen molar-refractivity contribution >= 4 is 5.91 Å². The number of carbonyl (C=O) groups excluding carboxylic acids is 1. The molecule has 2 fully saturated rings. The molecule has 1 aliphatic carbocycles. The fourth-order valence-electron chi connectivity index (χ4n) is 2.60. The van der Waals surface area contributed by atoms with E-state index in [4.69, 9.17) is 9.47 Å². The minimum atomic E-state index is -1.85. The number of alkyl halides is 1. The summed E-state index contributed by atoms with van der Waals surface area (Å²) in [6.07, 6.45) is 3.87. The predicted octanol–water partition coefficient (Wildman–Crippen LogP) is 2.17. The van der Waals surface area contributed by atoms with Crippen molar-refractivity contribution < 1.29 is 18.7 Å². The van der Waals surface area contributed by atoms with Gasteiger partial charge >= 0.3 is 0 Å². The second-order valence-corrected chi connectivity index (χ2v) is 6.33. The second-order valence-electron chi connectivity index (χ2n) is 6.33. The summed E-state index contributed by atoms with van der Waals surface area (Å²) in [5.74, 6) is -0.328. The number of nitrogens with one attached hydrogen (secondary N) is 1. The van der Waals surface area contributed by atoms with Crippen LogP contribution in [0.3, 0.4) is 0 Å². The van der Waals surface area contributed by atoms with Crippen molar-refractivity contribution in [1.29, 1.82) is 0 Å². The maximum absolute atomic E-state index is 13.4. The van der Waals surface area contributed by atoms with Crippen LogP contribution in [-0.2, 0) is 14.3 Å². The normalized spacial score (nSPS) is 35.6. The van der Waals surface area contributed by atoms with Crippen molar-refractivity contribution in [3.63, 3.8) is 0 Å². The quantitative estimate of drug-likeness (QED) is 0.857. The first-order valence-corrected chi connectivity index (χ1v) is 7.10. The Hall–Kier alpha value is -0.680. The Bertz CT molecular complexity index is 332. The highest BCUT2D eigenvalue weighted by Crippen LogP contribution is 2.39. The fraction of sp³-hybridized carbons (Fsp3) is 0.929. The van der Waals surface area contributed by atoms with Gasteiger partial charge in [-0.15, -0.1) is 0 Å². The molecule has 1 aliphatic heterocycles. The molecule has 5 heteroatoms. The van der Waals surface area contributed by atoms with E-state index in [0.717, 1.165) is 31.6 Å². The molecule has 1 atom stereocenters. The van der Waals surface area contributed by atoms with Crippen LogP contribution >= 0.6 is 0 Å². The maximum Gasteiger partial charge on any atom is 0.257 e. The van der Waals surface area contributed by atoms with Crippen molar-refractivity contribution in [3.8, 4) is 0 Å². The molecular formula is C14H24FNO3. The van der Waals surface area contributed by atoms with Gasteiger partial charge in [-0.05, 0) is 32.6 Å². The highest BCUT2D eigenvalue weighted by molar-refractivity contribution is 5.84. The van der Waals surface area contributed by atoms with Crippen LogP contribution in [0.1, 0.15) is 46.5 Å². The highest BCUT2D eigenvalue weighted by Gasteiger charge is 2.43. The van der Waals surface area contributed by atoms with Gasteiger partial charge in [0.1, 0.15) is 6.10 Å². The van der Waals surface area contributed by atoms with Crippen LogP contribution in [0.15, 0.2) is 0 Å². The first-order chi connectivity index (χ1) is 8.81. The molecule has 1 saturated carbocycles. The van der Waals surface area contributed by atoms with Crippen LogP contribution in [-0.4, -0.2) is 36.6 Å². The van der Waals surface area contributed by atoms with Crippen LogP contribution < -0.4 is 5.32 Å². The SMILES string of the molecule is CC1CCC2(CC1)OC[C@H](CNC(=O)C(C)(C)F)O2. The lowest BCUT2D eigenvalue weighted by molar-refractivity contribution is -0.191. The van der Waals surface area contributed by atoms with Gasteiger partial charge < -0.3 is 14.8 Å². The third-order valence-corrected chi connectivity index (χ3v) is 3.98. The zero-order valence-electron chi connectivity index (χ0n) is 12.0. The average Bonchev–Trinajstić information content (AvgIpc) is 2.73. The van der Waals surface area contributed by atoms with E-state index in [2.05, 4.69) is 12.2 Å². The lowest BCUT2D eigenvalue weighted by atomic mass is 9.86. The molecule has 2 rings (SSSR count). The first kappa shape index (κ1) is 14.7. The smallest absolute Gasteiger partial charge is 0.257 e. The number of hydrogen-bond acceptors (Lipinski definition) is 3. The van der Waals surface area contributed by atoms with Crippen LogP contribution in [0.2, 0.25) is 0 Å². The van der Waals surface area contributed by atoms with E-state index in [1.165, 1.54) is 13.8 Å². The molecule has 110 valence electrons. The lowest BCUT2D eigenvalue weighted by Crippen LogP contribution is -2.43. The van der Waals surface area contributed by atoms with Crippen molar-refractivity contribution in [2.45, 2.75) is 64.0 Å². The summed E-state index contributed by atoms with van der Waals surface area (Å²) in [4.78, 5) is 11.4. The van der Waals surface area contributed by atoms with Gasteiger partial charge in [0.25, 0.3) is 5.91 Å². The number of ether oxygens (including phenoxy) is 2. The van der Waals surface area contributed by atoms with Crippen molar-refractivity contribution in [2.75, 3.05) is 13.2 Å². The third kappa shape index (κ3) is 3.66. The average molecular weight is 273 g/mol. The molecule has 1 N–H and O–H groups in total. The topological polar surface area (TPSA) is 47.6 Å². The van der Waals surface area contributed by atoms with Crippen LogP contribution in [0, 0.1) is 5.92 Å². The molecule has 0 bridgehead atoms. The maximum atomic E-state index is 13.4. The summed E-state index contributed by atoms with van der Waals surface area (Å²) < 4.78 is 25.1. The van der Waals surface area contributed by atoms with E-state index in [-0.39, 0.29) is 6.10 Å². The number of hydrogen-bond donors (Lipinski definition) is 1. The monoisotopic (exact) mass is 273 g/mol. The summed E-state index contributed by atoms with van der Waals surface area (Å²) in [7, 11) is 0. The van der Waals surface area contributed by atoms with E-state index in [0.29, 0.717) is 13.2 Å². The Morgan fingerprint density at radius 3 is 2.63 bits per heavy atom. The Labute approximate surface area is 114 Å². The minimum absolute atomic E-state index is 0.167. The first-order valence-electron chi connectivity index (χ1n) is 7.10. The summed E-state index contributed by atoms with van der Waals surface area (Å²) >= 11 is 0. The number of halogens is 1. The Morgan fingerprint density at radius 1 is 1.42 bits per heavy atom. The highest BCUT2D eigenvalue weighted by atomic mass is 19.1. The third-order valence-electron chi connectivity index (χ3n) is 3.98. The van der Waals surface area contributed by atoms with Gasteiger partial charge in [0.2, 0.25) is 0 Å². The summed E-state index contributed by atoms with van der Waals surface area (Å²) in [5, 5.41) is 2.58. The molecule has 0 aromatic rings. The molecule has 0 aromatic heterocycles. The Balaban J connectivity index is 1.78. The van der Waals surface area contributed by atoms with Gasteiger partial charge in [0, 0.05) is 19.4 Å². The van der Waals surface area contributed by atoms with E-state index in [1.54, 1.807) is 0 Å². The molecule has 1 saturated heterocycles. The molecule has 1 amide bonds. The molecule has 1 spiro atoms. The van der Waals surface area contributed by atoms with Crippen molar-refractivity contribution in [2.24, 2.45) is 5.92 Å². The minimum Gasteiger partial charge on any atom is -0.351 e.